The van der Waals surface area contributed by atoms with Gasteiger partial charge >= 0.3 is 5.97 Å². The highest BCUT2D eigenvalue weighted by molar-refractivity contribution is 5.72. The molecule has 0 amide bonds. The molecule has 0 aliphatic carbocycles. The van der Waals surface area contributed by atoms with Crippen molar-refractivity contribution in [3.05, 3.63) is 65.0 Å². The van der Waals surface area contributed by atoms with Gasteiger partial charge in [-0.3, -0.25) is 4.79 Å². The molecule has 0 fully saturated rings. The third kappa shape index (κ3) is 4.32. The van der Waals surface area contributed by atoms with E-state index in [2.05, 4.69) is 0 Å². The van der Waals surface area contributed by atoms with Gasteiger partial charge in [0.15, 0.2) is 0 Å². The van der Waals surface area contributed by atoms with Crippen molar-refractivity contribution in [2.75, 3.05) is 5.73 Å². The first-order valence-corrected chi connectivity index (χ1v) is 6.26. The molecular formula is C16H13FN2O2. The Hall–Kier alpha value is -2.87. The van der Waals surface area contributed by atoms with Crippen molar-refractivity contribution >= 4 is 11.7 Å². The molecule has 106 valence electrons. The van der Waals surface area contributed by atoms with Gasteiger partial charge < -0.3 is 10.5 Å². The standard InChI is InChI=1S/C16H13FN2O2/c17-14-6-12(9-18)5-13(7-14)10-21-16(20)8-11-1-3-15(19)4-2-11/h1-7H,8,10,19H2. The summed E-state index contributed by atoms with van der Waals surface area (Å²) in [4.78, 5) is 11.7. The number of rotatable bonds is 4. The zero-order valence-electron chi connectivity index (χ0n) is 11.2. The zero-order valence-corrected chi connectivity index (χ0v) is 11.2. The Morgan fingerprint density at radius 2 is 1.90 bits per heavy atom. The maximum Gasteiger partial charge on any atom is 0.310 e. The molecule has 4 nitrogen and oxygen atoms in total. The number of nitriles is 1. The Labute approximate surface area is 121 Å². The van der Waals surface area contributed by atoms with E-state index >= 15 is 0 Å². The summed E-state index contributed by atoms with van der Waals surface area (Å²) < 4.78 is 18.3. The molecule has 5 heteroatoms. The Balaban J connectivity index is 1.93. The van der Waals surface area contributed by atoms with E-state index in [0.717, 1.165) is 11.6 Å². The second-order valence-electron chi connectivity index (χ2n) is 4.54. The van der Waals surface area contributed by atoms with Crippen molar-refractivity contribution in [3.63, 3.8) is 0 Å². The Morgan fingerprint density at radius 3 is 2.57 bits per heavy atom. The van der Waals surface area contributed by atoms with Crippen LogP contribution in [0, 0.1) is 17.1 Å². The summed E-state index contributed by atoms with van der Waals surface area (Å²) in [7, 11) is 0. The van der Waals surface area contributed by atoms with E-state index in [1.807, 2.05) is 6.07 Å². The molecule has 2 aromatic rings. The highest BCUT2D eigenvalue weighted by Gasteiger charge is 2.07. The molecule has 2 N–H and O–H groups in total. The first-order chi connectivity index (χ1) is 10.1. The average Bonchev–Trinajstić information content (AvgIpc) is 2.47. The summed E-state index contributed by atoms with van der Waals surface area (Å²) >= 11 is 0. The number of nitrogen functional groups attached to an aromatic ring is 1. The largest absolute Gasteiger partial charge is 0.461 e. The van der Waals surface area contributed by atoms with E-state index < -0.39 is 11.8 Å². The SMILES string of the molecule is N#Cc1cc(F)cc(COC(=O)Cc2ccc(N)cc2)c1. The number of nitrogens with two attached hydrogens (primary N) is 1. The van der Waals surface area contributed by atoms with E-state index in [-0.39, 0.29) is 18.6 Å². The molecule has 21 heavy (non-hydrogen) atoms. The fourth-order valence-corrected chi connectivity index (χ4v) is 1.82. The number of benzene rings is 2. The van der Waals surface area contributed by atoms with Crippen molar-refractivity contribution in [2.45, 2.75) is 13.0 Å². The van der Waals surface area contributed by atoms with Crippen LogP contribution in [0.4, 0.5) is 10.1 Å². The number of ether oxygens (including phenoxy) is 1. The fraction of sp³-hybridized carbons (Fsp3) is 0.125. The normalized spacial score (nSPS) is 9.90. The fourth-order valence-electron chi connectivity index (χ4n) is 1.82. The van der Waals surface area contributed by atoms with Gasteiger partial charge in [-0.25, -0.2) is 4.39 Å². The second kappa shape index (κ2) is 6.53. The quantitative estimate of drug-likeness (QED) is 0.691. The maximum atomic E-state index is 13.2. The van der Waals surface area contributed by atoms with Gasteiger partial charge in [0.2, 0.25) is 0 Å². The summed E-state index contributed by atoms with van der Waals surface area (Å²) in [6, 6.07) is 12.6. The van der Waals surface area contributed by atoms with Crippen molar-refractivity contribution in [3.8, 4) is 6.07 Å². The summed E-state index contributed by atoms with van der Waals surface area (Å²) in [6.07, 6.45) is 0.112. The van der Waals surface area contributed by atoms with Gasteiger partial charge in [0, 0.05) is 5.69 Å². The number of hydrogen-bond donors (Lipinski definition) is 1. The first-order valence-electron chi connectivity index (χ1n) is 6.26. The molecular weight excluding hydrogens is 271 g/mol. The number of halogens is 1. The molecule has 0 radical (unpaired) electrons. The number of carbonyl (C=O) groups excluding carboxylic acids is 1. The number of carbonyl (C=O) groups is 1. The summed E-state index contributed by atoms with van der Waals surface area (Å²) in [5.41, 5.74) is 7.60. The van der Waals surface area contributed by atoms with Crippen molar-refractivity contribution in [1.29, 1.82) is 5.26 Å². The molecule has 0 aliphatic rings. The molecule has 0 saturated carbocycles. The van der Waals surface area contributed by atoms with Gasteiger partial charge in [0.1, 0.15) is 12.4 Å². The van der Waals surface area contributed by atoms with Gasteiger partial charge in [0.05, 0.1) is 18.1 Å². The van der Waals surface area contributed by atoms with Gasteiger partial charge in [-0.1, -0.05) is 12.1 Å². The Bertz CT molecular complexity index is 690. The zero-order chi connectivity index (χ0) is 15.2. The first kappa shape index (κ1) is 14.5. The Morgan fingerprint density at radius 1 is 1.19 bits per heavy atom. The second-order valence-corrected chi connectivity index (χ2v) is 4.54. The monoisotopic (exact) mass is 284 g/mol. The van der Waals surface area contributed by atoms with Crippen LogP contribution < -0.4 is 5.73 Å². The van der Waals surface area contributed by atoms with Crippen LogP contribution in [-0.4, -0.2) is 5.97 Å². The molecule has 0 aromatic heterocycles. The van der Waals surface area contributed by atoms with Gasteiger partial charge in [-0.15, -0.1) is 0 Å². The minimum absolute atomic E-state index is 0.0692. The minimum atomic E-state index is -0.529. The molecule has 0 saturated heterocycles. The van der Waals surface area contributed by atoms with Crippen LogP contribution in [0.3, 0.4) is 0 Å². The Kier molecular flexibility index (Phi) is 4.52. The van der Waals surface area contributed by atoms with Crippen LogP contribution in [0.2, 0.25) is 0 Å². The van der Waals surface area contributed by atoms with Gasteiger partial charge in [0.25, 0.3) is 0 Å². The highest BCUT2D eigenvalue weighted by atomic mass is 19.1. The number of nitrogens with zero attached hydrogens (tertiary/aromatic N) is 1. The molecule has 2 rings (SSSR count). The van der Waals surface area contributed by atoms with E-state index in [4.69, 9.17) is 15.7 Å². The lowest BCUT2D eigenvalue weighted by molar-refractivity contribution is -0.144. The van der Waals surface area contributed by atoms with Crippen LogP contribution in [0.1, 0.15) is 16.7 Å². The highest BCUT2D eigenvalue weighted by Crippen LogP contribution is 2.11. The van der Waals surface area contributed by atoms with E-state index in [1.165, 1.54) is 12.1 Å². The topological polar surface area (TPSA) is 76.1 Å². The molecule has 0 unspecified atom stereocenters. The van der Waals surface area contributed by atoms with Crippen LogP contribution in [0.25, 0.3) is 0 Å². The predicted octanol–water partition coefficient (Wildman–Crippen LogP) is 2.57. The molecule has 2 aromatic carbocycles. The molecule has 0 heterocycles. The van der Waals surface area contributed by atoms with Crippen molar-refractivity contribution < 1.29 is 13.9 Å². The maximum absolute atomic E-state index is 13.2. The van der Waals surface area contributed by atoms with Crippen LogP contribution in [-0.2, 0) is 22.6 Å². The van der Waals surface area contributed by atoms with E-state index in [9.17, 15) is 9.18 Å². The lowest BCUT2D eigenvalue weighted by Crippen LogP contribution is -2.08. The minimum Gasteiger partial charge on any atom is -0.461 e. The van der Waals surface area contributed by atoms with Crippen molar-refractivity contribution in [1.82, 2.24) is 0 Å². The number of esters is 1. The number of anilines is 1. The van der Waals surface area contributed by atoms with E-state index in [0.29, 0.717) is 11.3 Å². The average molecular weight is 284 g/mol. The smallest absolute Gasteiger partial charge is 0.310 e. The van der Waals surface area contributed by atoms with Crippen molar-refractivity contribution in [2.24, 2.45) is 0 Å². The number of hydrogen-bond acceptors (Lipinski definition) is 4. The third-order valence-electron chi connectivity index (χ3n) is 2.81. The lowest BCUT2D eigenvalue weighted by atomic mass is 10.1. The lowest BCUT2D eigenvalue weighted by Gasteiger charge is -2.06. The van der Waals surface area contributed by atoms with Gasteiger partial charge in [-0.2, -0.15) is 5.26 Å². The summed E-state index contributed by atoms with van der Waals surface area (Å²) in [5, 5.41) is 8.75. The van der Waals surface area contributed by atoms with Crippen LogP contribution >= 0.6 is 0 Å². The van der Waals surface area contributed by atoms with Gasteiger partial charge in [-0.05, 0) is 41.5 Å². The van der Waals surface area contributed by atoms with E-state index in [1.54, 1.807) is 24.3 Å². The summed E-state index contributed by atoms with van der Waals surface area (Å²) in [6.45, 7) is -0.0692. The molecule has 0 spiro atoms. The van der Waals surface area contributed by atoms with Crippen LogP contribution in [0.5, 0.6) is 0 Å². The summed E-state index contributed by atoms with van der Waals surface area (Å²) in [5.74, 6) is -0.957. The molecule has 0 aliphatic heterocycles. The molecule has 0 bridgehead atoms. The molecule has 0 atom stereocenters. The third-order valence-corrected chi connectivity index (χ3v) is 2.81. The predicted molar refractivity (Wildman–Crippen MR) is 75.5 cm³/mol. The van der Waals surface area contributed by atoms with Crippen LogP contribution in [0.15, 0.2) is 42.5 Å².